The predicted molar refractivity (Wildman–Crippen MR) is 81.9 cm³/mol. The summed E-state index contributed by atoms with van der Waals surface area (Å²) in [6.45, 7) is 2.18. The molecule has 2 aliphatic heterocycles. The predicted octanol–water partition coefficient (Wildman–Crippen LogP) is 2.34. The highest BCUT2D eigenvalue weighted by molar-refractivity contribution is 9.10. The fourth-order valence-electron chi connectivity index (χ4n) is 2.64. The van der Waals surface area contributed by atoms with Gasteiger partial charge in [0.05, 0.1) is 12.2 Å². The van der Waals surface area contributed by atoms with E-state index in [2.05, 4.69) is 33.4 Å². The molecule has 19 heavy (non-hydrogen) atoms. The van der Waals surface area contributed by atoms with E-state index >= 15 is 0 Å². The minimum atomic E-state index is -0.527. The van der Waals surface area contributed by atoms with Crippen molar-refractivity contribution in [3.63, 3.8) is 0 Å². The SMILES string of the molecule is O[C@]1(CNCc2cc(Br)cc3c2OCC3)CCSC1. The van der Waals surface area contributed by atoms with Crippen LogP contribution < -0.4 is 10.1 Å². The topological polar surface area (TPSA) is 41.5 Å². The molecule has 0 saturated carbocycles. The monoisotopic (exact) mass is 343 g/mol. The molecule has 1 aromatic carbocycles. The van der Waals surface area contributed by atoms with Gasteiger partial charge in [0.25, 0.3) is 0 Å². The molecule has 0 aromatic heterocycles. The lowest BCUT2D eigenvalue weighted by Gasteiger charge is -2.22. The van der Waals surface area contributed by atoms with Crippen molar-refractivity contribution < 1.29 is 9.84 Å². The molecule has 104 valence electrons. The number of thioether (sulfide) groups is 1. The highest BCUT2D eigenvalue weighted by atomic mass is 79.9. The first kappa shape index (κ1) is 13.7. The molecule has 1 fully saturated rings. The summed E-state index contributed by atoms with van der Waals surface area (Å²) in [6.07, 6.45) is 1.88. The van der Waals surface area contributed by atoms with Gasteiger partial charge in [0.2, 0.25) is 0 Å². The van der Waals surface area contributed by atoms with Crippen molar-refractivity contribution in [2.75, 3.05) is 24.7 Å². The summed E-state index contributed by atoms with van der Waals surface area (Å²) in [5.74, 6) is 2.93. The Balaban J connectivity index is 1.64. The van der Waals surface area contributed by atoms with Crippen molar-refractivity contribution in [1.29, 1.82) is 0 Å². The van der Waals surface area contributed by atoms with Crippen molar-refractivity contribution in [3.05, 3.63) is 27.7 Å². The zero-order chi connectivity index (χ0) is 13.3. The van der Waals surface area contributed by atoms with Crippen molar-refractivity contribution >= 4 is 27.7 Å². The maximum atomic E-state index is 10.3. The second-order valence-corrected chi connectivity index (χ2v) is 7.30. The highest BCUT2D eigenvalue weighted by Gasteiger charge is 2.31. The van der Waals surface area contributed by atoms with E-state index < -0.39 is 5.60 Å². The van der Waals surface area contributed by atoms with Crippen LogP contribution in [0.1, 0.15) is 17.5 Å². The average Bonchev–Trinajstić information content (AvgIpc) is 2.98. The highest BCUT2D eigenvalue weighted by Crippen LogP contribution is 2.33. The van der Waals surface area contributed by atoms with Gasteiger partial charge in [0, 0.05) is 35.3 Å². The Labute approximate surface area is 126 Å². The second kappa shape index (κ2) is 5.64. The molecule has 2 N–H and O–H groups in total. The van der Waals surface area contributed by atoms with E-state index in [0.717, 1.165) is 47.7 Å². The number of rotatable bonds is 4. The summed E-state index contributed by atoms with van der Waals surface area (Å²) in [7, 11) is 0. The van der Waals surface area contributed by atoms with Crippen LogP contribution in [0.3, 0.4) is 0 Å². The zero-order valence-corrected chi connectivity index (χ0v) is 13.1. The van der Waals surface area contributed by atoms with Crippen LogP contribution in [0, 0.1) is 0 Å². The van der Waals surface area contributed by atoms with Crippen molar-refractivity contribution in [1.82, 2.24) is 5.32 Å². The lowest BCUT2D eigenvalue weighted by atomic mass is 10.0. The van der Waals surface area contributed by atoms with Crippen LogP contribution in [0.4, 0.5) is 0 Å². The van der Waals surface area contributed by atoms with Crippen molar-refractivity contribution in [2.45, 2.75) is 25.0 Å². The van der Waals surface area contributed by atoms with Crippen LogP contribution in [0.5, 0.6) is 5.75 Å². The molecule has 1 saturated heterocycles. The Bertz CT molecular complexity index is 475. The Morgan fingerprint density at radius 2 is 2.37 bits per heavy atom. The molecule has 1 atom stereocenters. The van der Waals surface area contributed by atoms with E-state index in [1.807, 2.05) is 11.8 Å². The molecule has 0 unspecified atom stereocenters. The van der Waals surface area contributed by atoms with Crippen LogP contribution in [0.25, 0.3) is 0 Å². The van der Waals surface area contributed by atoms with Gasteiger partial charge in [0.15, 0.2) is 0 Å². The van der Waals surface area contributed by atoms with E-state index in [4.69, 9.17) is 4.74 Å². The van der Waals surface area contributed by atoms with E-state index in [-0.39, 0.29) is 0 Å². The van der Waals surface area contributed by atoms with Gasteiger partial charge < -0.3 is 15.2 Å². The van der Waals surface area contributed by atoms with Gasteiger partial charge in [-0.15, -0.1) is 0 Å². The molecule has 3 nitrogen and oxygen atoms in total. The Morgan fingerprint density at radius 1 is 1.47 bits per heavy atom. The fraction of sp³-hybridized carbons (Fsp3) is 0.571. The molecule has 3 rings (SSSR count). The molecular formula is C14H18BrNO2S. The summed E-state index contributed by atoms with van der Waals surface area (Å²) in [6, 6.07) is 4.23. The molecular weight excluding hydrogens is 326 g/mol. The van der Waals surface area contributed by atoms with E-state index in [9.17, 15) is 5.11 Å². The van der Waals surface area contributed by atoms with Gasteiger partial charge in [-0.3, -0.25) is 0 Å². The quantitative estimate of drug-likeness (QED) is 0.880. The standard InChI is InChI=1S/C14H18BrNO2S/c15-12-5-10-1-3-18-13(10)11(6-12)7-16-8-14(17)2-4-19-9-14/h5-6,16-17H,1-4,7-9H2/t14-/m0/s1. The third-order valence-corrected chi connectivity index (χ3v) is 5.37. The van der Waals surface area contributed by atoms with Crippen molar-refractivity contribution in [2.24, 2.45) is 0 Å². The molecule has 0 amide bonds. The van der Waals surface area contributed by atoms with Gasteiger partial charge in [0.1, 0.15) is 5.75 Å². The summed E-state index contributed by atoms with van der Waals surface area (Å²) in [5.41, 5.74) is 1.93. The summed E-state index contributed by atoms with van der Waals surface area (Å²) in [4.78, 5) is 0. The van der Waals surface area contributed by atoms with Gasteiger partial charge in [-0.1, -0.05) is 15.9 Å². The molecule has 0 spiro atoms. The van der Waals surface area contributed by atoms with Gasteiger partial charge in [-0.25, -0.2) is 0 Å². The van der Waals surface area contributed by atoms with Crippen LogP contribution in [-0.4, -0.2) is 35.4 Å². The summed E-state index contributed by atoms with van der Waals surface area (Å²) in [5, 5.41) is 13.7. The third kappa shape index (κ3) is 3.10. The second-order valence-electron chi connectivity index (χ2n) is 5.28. The average molecular weight is 344 g/mol. The van der Waals surface area contributed by atoms with Crippen LogP contribution in [0.2, 0.25) is 0 Å². The maximum Gasteiger partial charge on any atom is 0.127 e. The first-order valence-corrected chi connectivity index (χ1v) is 8.56. The normalized spacial score (nSPS) is 25.4. The number of hydrogen-bond acceptors (Lipinski definition) is 4. The number of fused-ring (bicyclic) bond motifs is 1. The Hall–Kier alpha value is -0.230. The smallest absolute Gasteiger partial charge is 0.127 e. The van der Waals surface area contributed by atoms with Crippen molar-refractivity contribution in [3.8, 4) is 5.75 Å². The lowest BCUT2D eigenvalue weighted by Crippen LogP contribution is -2.40. The number of benzene rings is 1. The molecule has 0 radical (unpaired) electrons. The molecule has 0 aliphatic carbocycles. The first-order valence-electron chi connectivity index (χ1n) is 6.61. The van der Waals surface area contributed by atoms with E-state index in [0.29, 0.717) is 6.54 Å². The fourth-order valence-corrected chi connectivity index (χ4v) is 4.49. The van der Waals surface area contributed by atoms with Crippen LogP contribution >= 0.6 is 27.7 Å². The van der Waals surface area contributed by atoms with E-state index in [1.54, 1.807) is 0 Å². The molecule has 5 heteroatoms. The maximum absolute atomic E-state index is 10.3. The zero-order valence-electron chi connectivity index (χ0n) is 10.7. The number of hydrogen-bond donors (Lipinski definition) is 2. The number of halogens is 1. The number of aliphatic hydroxyl groups is 1. The van der Waals surface area contributed by atoms with E-state index in [1.165, 1.54) is 11.1 Å². The first-order chi connectivity index (χ1) is 9.16. The largest absolute Gasteiger partial charge is 0.493 e. The molecule has 1 aromatic rings. The van der Waals surface area contributed by atoms with Crippen LogP contribution in [-0.2, 0) is 13.0 Å². The van der Waals surface area contributed by atoms with Crippen LogP contribution in [0.15, 0.2) is 16.6 Å². The van der Waals surface area contributed by atoms with Gasteiger partial charge in [-0.05, 0) is 29.9 Å². The minimum absolute atomic E-state index is 0.527. The van der Waals surface area contributed by atoms with Gasteiger partial charge in [-0.2, -0.15) is 11.8 Å². The summed E-state index contributed by atoms with van der Waals surface area (Å²) < 4.78 is 6.81. The molecule has 0 bridgehead atoms. The Morgan fingerprint density at radius 3 is 3.16 bits per heavy atom. The minimum Gasteiger partial charge on any atom is -0.493 e. The number of ether oxygens (including phenoxy) is 1. The Kier molecular flexibility index (Phi) is 4.08. The number of nitrogens with one attached hydrogen (secondary N) is 1. The summed E-state index contributed by atoms with van der Waals surface area (Å²) >= 11 is 5.38. The lowest BCUT2D eigenvalue weighted by molar-refractivity contribution is 0.0674. The molecule has 2 heterocycles. The third-order valence-electron chi connectivity index (χ3n) is 3.68. The molecule has 2 aliphatic rings. The van der Waals surface area contributed by atoms with Gasteiger partial charge >= 0.3 is 0 Å².